The zero-order chi connectivity index (χ0) is 15.4. The zero-order valence-corrected chi connectivity index (χ0v) is 14.8. The summed E-state index contributed by atoms with van der Waals surface area (Å²) in [5.41, 5.74) is 1.51. The summed E-state index contributed by atoms with van der Waals surface area (Å²) in [5, 5.41) is 0.862. The average molecular weight is 319 g/mol. The van der Waals surface area contributed by atoms with E-state index in [4.69, 9.17) is 11.6 Å². The first-order valence-electron chi connectivity index (χ1n) is 9.51. The molecule has 2 aliphatic rings. The Hall–Kier alpha value is -0.490. The fourth-order valence-electron chi connectivity index (χ4n) is 5.02. The predicted molar refractivity (Wildman–Crippen MR) is 96.5 cm³/mol. The SMILES string of the molecule is CCCC1CCC(C2CCC(c3ccc(Cl)cc3)CC2)CC1. The summed E-state index contributed by atoms with van der Waals surface area (Å²) in [5.74, 6) is 3.89. The molecule has 0 radical (unpaired) electrons. The van der Waals surface area contributed by atoms with Gasteiger partial charge in [0.25, 0.3) is 0 Å². The van der Waals surface area contributed by atoms with Crippen LogP contribution in [0.3, 0.4) is 0 Å². The fraction of sp³-hybridized carbons (Fsp3) is 0.714. The van der Waals surface area contributed by atoms with Gasteiger partial charge >= 0.3 is 0 Å². The molecule has 1 heteroatoms. The van der Waals surface area contributed by atoms with Crippen molar-refractivity contribution in [3.05, 3.63) is 34.9 Å². The van der Waals surface area contributed by atoms with Gasteiger partial charge in [0.15, 0.2) is 0 Å². The van der Waals surface area contributed by atoms with Gasteiger partial charge in [0.05, 0.1) is 0 Å². The van der Waals surface area contributed by atoms with E-state index in [0.29, 0.717) is 0 Å². The maximum Gasteiger partial charge on any atom is 0.0406 e. The molecule has 122 valence electrons. The molecule has 0 nitrogen and oxygen atoms in total. The van der Waals surface area contributed by atoms with Crippen LogP contribution >= 0.6 is 11.6 Å². The first kappa shape index (κ1) is 16.4. The third-order valence-electron chi connectivity index (χ3n) is 6.37. The Kier molecular flexibility index (Phi) is 5.85. The number of hydrogen-bond donors (Lipinski definition) is 0. The second-order valence-corrected chi connectivity index (χ2v) is 8.17. The minimum Gasteiger partial charge on any atom is -0.0843 e. The Labute approximate surface area is 141 Å². The van der Waals surface area contributed by atoms with Crippen LogP contribution in [0.5, 0.6) is 0 Å². The Balaban J connectivity index is 1.47. The standard InChI is InChI=1S/C21H31Cl/c1-2-3-16-4-6-17(7-5-16)18-8-10-19(11-9-18)20-12-14-21(22)15-13-20/h12-19H,2-11H2,1H3. The maximum absolute atomic E-state index is 6.01. The number of benzene rings is 1. The van der Waals surface area contributed by atoms with E-state index in [0.717, 1.165) is 28.7 Å². The van der Waals surface area contributed by atoms with E-state index in [1.807, 2.05) is 0 Å². The molecular weight excluding hydrogens is 288 g/mol. The quantitative estimate of drug-likeness (QED) is 0.549. The summed E-state index contributed by atoms with van der Waals surface area (Å²) in [6, 6.07) is 8.59. The highest BCUT2D eigenvalue weighted by atomic mass is 35.5. The molecule has 1 aromatic rings. The van der Waals surface area contributed by atoms with Crippen LogP contribution in [0.15, 0.2) is 24.3 Å². The average Bonchev–Trinajstić information content (AvgIpc) is 2.57. The van der Waals surface area contributed by atoms with Crippen LogP contribution < -0.4 is 0 Å². The van der Waals surface area contributed by atoms with Gasteiger partial charge in [-0.15, -0.1) is 0 Å². The number of halogens is 1. The van der Waals surface area contributed by atoms with Crippen LogP contribution in [0.25, 0.3) is 0 Å². The van der Waals surface area contributed by atoms with E-state index in [-0.39, 0.29) is 0 Å². The number of hydrogen-bond acceptors (Lipinski definition) is 0. The van der Waals surface area contributed by atoms with Gasteiger partial charge < -0.3 is 0 Å². The van der Waals surface area contributed by atoms with Gasteiger partial charge in [-0.05, 0) is 79.9 Å². The minimum absolute atomic E-state index is 0.782. The van der Waals surface area contributed by atoms with E-state index in [1.165, 1.54) is 69.8 Å². The predicted octanol–water partition coefficient (Wildman–Crippen LogP) is 7.22. The van der Waals surface area contributed by atoms with E-state index < -0.39 is 0 Å². The summed E-state index contributed by atoms with van der Waals surface area (Å²) < 4.78 is 0. The van der Waals surface area contributed by atoms with Crippen molar-refractivity contribution < 1.29 is 0 Å². The van der Waals surface area contributed by atoms with Crippen LogP contribution in [0.2, 0.25) is 5.02 Å². The Morgan fingerprint density at radius 1 is 0.818 bits per heavy atom. The van der Waals surface area contributed by atoms with Gasteiger partial charge in [-0.25, -0.2) is 0 Å². The summed E-state index contributed by atoms with van der Waals surface area (Å²) in [4.78, 5) is 0. The molecule has 0 aromatic heterocycles. The second kappa shape index (κ2) is 7.86. The van der Waals surface area contributed by atoms with Crippen LogP contribution in [-0.4, -0.2) is 0 Å². The van der Waals surface area contributed by atoms with E-state index in [2.05, 4.69) is 31.2 Å². The Morgan fingerprint density at radius 3 is 1.91 bits per heavy atom. The van der Waals surface area contributed by atoms with Crippen molar-refractivity contribution >= 4 is 11.6 Å². The van der Waals surface area contributed by atoms with E-state index in [9.17, 15) is 0 Å². The lowest BCUT2D eigenvalue weighted by molar-refractivity contribution is 0.156. The molecule has 0 saturated heterocycles. The first-order valence-corrected chi connectivity index (χ1v) is 9.89. The van der Waals surface area contributed by atoms with Gasteiger partial charge in [-0.1, -0.05) is 56.3 Å². The van der Waals surface area contributed by atoms with Crippen molar-refractivity contribution in [1.29, 1.82) is 0 Å². The van der Waals surface area contributed by atoms with Crippen molar-refractivity contribution in [3.8, 4) is 0 Å². The molecule has 0 heterocycles. The topological polar surface area (TPSA) is 0 Å². The molecule has 0 spiro atoms. The molecule has 0 N–H and O–H groups in total. The van der Waals surface area contributed by atoms with Gasteiger partial charge in [0.1, 0.15) is 0 Å². The summed E-state index contributed by atoms with van der Waals surface area (Å²) >= 11 is 6.01. The molecule has 0 bridgehead atoms. The molecule has 0 amide bonds. The Bertz CT molecular complexity index is 433. The third kappa shape index (κ3) is 4.07. The second-order valence-electron chi connectivity index (χ2n) is 7.73. The van der Waals surface area contributed by atoms with Crippen molar-refractivity contribution in [3.63, 3.8) is 0 Å². The lowest BCUT2D eigenvalue weighted by Gasteiger charge is -2.38. The summed E-state index contributed by atoms with van der Waals surface area (Å²) in [6.45, 7) is 2.34. The minimum atomic E-state index is 0.782. The van der Waals surface area contributed by atoms with Gasteiger partial charge in [-0.2, -0.15) is 0 Å². The molecule has 22 heavy (non-hydrogen) atoms. The van der Waals surface area contributed by atoms with Crippen LogP contribution in [0, 0.1) is 17.8 Å². The normalized spacial score (nSPS) is 32.8. The fourth-order valence-corrected chi connectivity index (χ4v) is 5.14. The van der Waals surface area contributed by atoms with Crippen molar-refractivity contribution in [2.45, 2.75) is 77.0 Å². The van der Waals surface area contributed by atoms with Crippen LogP contribution in [0.4, 0.5) is 0 Å². The van der Waals surface area contributed by atoms with Crippen molar-refractivity contribution in [2.75, 3.05) is 0 Å². The largest absolute Gasteiger partial charge is 0.0843 e. The molecule has 1 aromatic carbocycles. The number of rotatable bonds is 4. The molecule has 0 atom stereocenters. The monoisotopic (exact) mass is 318 g/mol. The molecule has 2 aliphatic carbocycles. The molecule has 3 rings (SSSR count). The van der Waals surface area contributed by atoms with Gasteiger partial charge in [0, 0.05) is 5.02 Å². The molecule has 2 fully saturated rings. The Morgan fingerprint density at radius 2 is 1.36 bits per heavy atom. The highest BCUT2D eigenvalue weighted by molar-refractivity contribution is 6.30. The van der Waals surface area contributed by atoms with Crippen molar-refractivity contribution in [2.24, 2.45) is 17.8 Å². The third-order valence-corrected chi connectivity index (χ3v) is 6.62. The van der Waals surface area contributed by atoms with Gasteiger partial charge in [0.2, 0.25) is 0 Å². The van der Waals surface area contributed by atoms with Gasteiger partial charge in [-0.3, -0.25) is 0 Å². The van der Waals surface area contributed by atoms with Crippen LogP contribution in [-0.2, 0) is 0 Å². The highest BCUT2D eigenvalue weighted by Gasteiger charge is 2.30. The molecular formula is C21H31Cl. The summed E-state index contributed by atoms with van der Waals surface area (Å²) in [6.07, 6.45) is 14.6. The molecule has 2 saturated carbocycles. The maximum atomic E-state index is 6.01. The first-order chi connectivity index (χ1) is 10.8. The van der Waals surface area contributed by atoms with Crippen LogP contribution in [0.1, 0.15) is 82.6 Å². The molecule has 0 unspecified atom stereocenters. The summed E-state index contributed by atoms with van der Waals surface area (Å²) in [7, 11) is 0. The lowest BCUT2D eigenvalue weighted by atomic mass is 9.68. The van der Waals surface area contributed by atoms with E-state index in [1.54, 1.807) is 0 Å². The van der Waals surface area contributed by atoms with Crippen molar-refractivity contribution in [1.82, 2.24) is 0 Å². The lowest BCUT2D eigenvalue weighted by Crippen LogP contribution is -2.25. The highest BCUT2D eigenvalue weighted by Crippen LogP contribution is 2.44. The smallest absolute Gasteiger partial charge is 0.0406 e. The molecule has 0 aliphatic heterocycles. The zero-order valence-electron chi connectivity index (χ0n) is 14.1. The van der Waals surface area contributed by atoms with E-state index >= 15 is 0 Å².